The summed E-state index contributed by atoms with van der Waals surface area (Å²) in [6.07, 6.45) is 5.64. The molecule has 1 saturated heterocycles. The fraction of sp³-hybridized carbons (Fsp3) is 1.00. The highest BCUT2D eigenvalue weighted by Gasteiger charge is 2.19. The van der Waals surface area contributed by atoms with Gasteiger partial charge in [0.15, 0.2) is 0 Å². The van der Waals surface area contributed by atoms with Crippen molar-refractivity contribution in [3.05, 3.63) is 0 Å². The standard InChI is InChI=1S/C11H22BrN/c1-10(2)9-13-7-5-3-4-6-11(13)8-12/h10-11H,3-9H2,1-2H3. The van der Waals surface area contributed by atoms with Gasteiger partial charge in [-0.3, -0.25) is 4.90 Å². The number of hydrogen-bond acceptors (Lipinski definition) is 1. The van der Waals surface area contributed by atoms with Gasteiger partial charge in [0.1, 0.15) is 0 Å². The Morgan fingerprint density at radius 1 is 1.31 bits per heavy atom. The average molecular weight is 248 g/mol. The van der Waals surface area contributed by atoms with Gasteiger partial charge in [-0.2, -0.15) is 0 Å². The lowest BCUT2D eigenvalue weighted by Crippen LogP contribution is -2.38. The summed E-state index contributed by atoms with van der Waals surface area (Å²) < 4.78 is 0. The van der Waals surface area contributed by atoms with E-state index in [1.165, 1.54) is 38.8 Å². The molecule has 2 heteroatoms. The van der Waals surface area contributed by atoms with Crippen LogP contribution in [0.5, 0.6) is 0 Å². The fourth-order valence-corrected chi connectivity index (χ4v) is 2.85. The summed E-state index contributed by atoms with van der Waals surface area (Å²) in [6, 6.07) is 0.796. The highest BCUT2D eigenvalue weighted by atomic mass is 79.9. The maximum atomic E-state index is 3.63. The van der Waals surface area contributed by atoms with E-state index >= 15 is 0 Å². The number of rotatable bonds is 3. The van der Waals surface area contributed by atoms with Crippen molar-refractivity contribution in [3.8, 4) is 0 Å². The third kappa shape index (κ3) is 3.99. The summed E-state index contributed by atoms with van der Waals surface area (Å²) in [4.78, 5) is 2.67. The molecule has 78 valence electrons. The summed E-state index contributed by atoms with van der Waals surface area (Å²) in [5, 5.41) is 1.15. The summed E-state index contributed by atoms with van der Waals surface area (Å²) in [5.74, 6) is 0.805. The second-order valence-corrected chi connectivity index (χ2v) is 5.19. The summed E-state index contributed by atoms with van der Waals surface area (Å²) >= 11 is 3.63. The minimum atomic E-state index is 0.796. The molecule has 0 N–H and O–H groups in total. The smallest absolute Gasteiger partial charge is 0.0192 e. The number of nitrogens with zero attached hydrogens (tertiary/aromatic N) is 1. The quantitative estimate of drug-likeness (QED) is 0.693. The van der Waals surface area contributed by atoms with Crippen molar-refractivity contribution < 1.29 is 0 Å². The molecule has 0 aromatic heterocycles. The van der Waals surface area contributed by atoms with Crippen molar-refractivity contribution in [3.63, 3.8) is 0 Å². The maximum absolute atomic E-state index is 3.63. The zero-order chi connectivity index (χ0) is 9.68. The van der Waals surface area contributed by atoms with E-state index in [0.717, 1.165) is 17.3 Å². The molecule has 1 aliphatic heterocycles. The number of alkyl halides is 1. The van der Waals surface area contributed by atoms with Crippen LogP contribution in [0.25, 0.3) is 0 Å². The highest BCUT2D eigenvalue weighted by Crippen LogP contribution is 2.19. The topological polar surface area (TPSA) is 3.24 Å². The Morgan fingerprint density at radius 2 is 2.08 bits per heavy atom. The van der Waals surface area contributed by atoms with Crippen LogP contribution < -0.4 is 0 Å². The van der Waals surface area contributed by atoms with Gasteiger partial charge in [0, 0.05) is 17.9 Å². The van der Waals surface area contributed by atoms with E-state index in [4.69, 9.17) is 0 Å². The van der Waals surface area contributed by atoms with Gasteiger partial charge in [-0.15, -0.1) is 0 Å². The lowest BCUT2D eigenvalue weighted by molar-refractivity contribution is 0.194. The zero-order valence-electron chi connectivity index (χ0n) is 8.93. The molecule has 1 fully saturated rings. The van der Waals surface area contributed by atoms with Crippen LogP contribution in [0.1, 0.15) is 39.5 Å². The third-order valence-corrected chi connectivity index (χ3v) is 3.52. The number of halogens is 1. The van der Waals surface area contributed by atoms with E-state index in [1.807, 2.05) is 0 Å². The normalized spacial score (nSPS) is 26.3. The second-order valence-electron chi connectivity index (χ2n) is 4.55. The third-order valence-electron chi connectivity index (χ3n) is 2.78. The Morgan fingerprint density at radius 3 is 2.69 bits per heavy atom. The Bertz CT molecular complexity index is 136. The van der Waals surface area contributed by atoms with Crippen molar-refractivity contribution in [1.82, 2.24) is 4.90 Å². The first kappa shape index (κ1) is 11.5. The molecule has 1 aliphatic rings. The lowest BCUT2D eigenvalue weighted by atomic mass is 10.1. The molecule has 1 heterocycles. The number of likely N-dealkylation sites (tertiary alicyclic amines) is 1. The van der Waals surface area contributed by atoms with E-state index < -0.39 is 0 Å². The minimum Gasteiger partial charge on any atom is -0.299 e. The van der Waals surface area contributed by atoms with Crippen LogP contribution in [0.3, 0.4) is 0 Å². The largest absolute Gasteiger partial charge is 0.299 e. The molecule has 1 unspecified atom stereocenters. The van der Waals surface area contributed by atoms with Crippen LogP contribution in [0.15, 0.2) is 0 Å². The summed E-state index contributed by atoms with van der Waals surface area (Å²) in [7, 11) is 0. The van der Waals surface area contributed by atoms with Gasteiger partial charge in [0.05, 0.1) is 0 Å². The van der Waals surface area contributed by atoms with Gasteiger partial charge in [-0.05, 0) is 25.3 Å². The van der Waals surface area contributed by atoms with Crippen LogP contribution in [-0.4, -0.2) is 29.4 Å². The van der Waals surface area contributed by atoms with E-state index in [1.54, 1.807) is 0 Å². The minimum absolute atomic E-state index is 0.796. The Balaban J connectivity index is 2.44. The van der Waals surface area contributed by atoms with Crippen LogP contribution in [0, 0.1) is 5.92 Å². The van der Waals surface area contributed by atoms with Crippen molar-refractivity contribution >= 4 is 15.9 Å². The van der Waals surface area contributed by atoms with E-state index in [-0.39, 0.29) is 0 Å². The fourth-order valence-electron chi connectivity index (χ4n) is 2.12. The van der Waals surface area contributed by atoms with E-state index in [9.17, 15) is 0 Å². The monoisotopic (exact) mass is 247 g/mol. The van der Waals surface area contributed by atoms with Gasteiger partial charge in [-0.25, -0.2) is 0 Å². The van der Waals surface area contributed by atoms with Gasteiger partial charge < -0.3 is 0 Å². The molecular formula is C11H22BrN. The van der Waals surface area contributed by atoms with Gasteiger partial charge in [0.25, 0.3) is 0 Å². The molecule has 0 saturated carbocycles. The molecule has 0 bridgehead atoms. The van der Waals surface area contributed by atoms with Crippen LogP contribution >= 0.6 is 15.9 Å². The molecule has 0 spiro atoms. The van der Waals surface area contributed by atoms with Crippen molar-refractivity contribution in [1.29, 1.82) is 0 Å². The van der Waals surface area contributed by atoms with Crippen molar-refractivity contribution in [2.75, 3.05) is 18.4 Å². The molecule has 0 aliphatic carbocycles. The average Bonchev–Trinajstić information content (AvgIpc) is 2.28. The van der Waals surface area contributed by atoms with Crippen molar-refractivity contribution in [2.24, 2.45) is 5.92 Å². The first-order valence-electron chi connectivity index (χ1n) is 5.54. The van der Waals surface area contributed by atoms with Crippen LogP contribution in [-0.2, 0) is 0 Å². The summed E-state index contributed by atoms with van der Waals surface area (Å²) in [6.45, 7) is 7.22. The molecular weight excluding hydrogens is 226 g/mol. The molecule has 0 radical (unpaired) electrons. The molecule has 13 heavy (non-hydrogen) atoms. The predicted molar refractivity (Wildman–Crippen MR) is 62.5 cm³/mol. The van der Waals surface area contributed by atoms with Crippen LogP contribution in [0.4, 0.5) is 0 Å². The number of hydrogen-bond donors (Lipinski definition) is 0. The van der Waals surface area contributed by atoms with Gasteiger partial charge in [0.2, 0.25) is 0 Å². The molecule has 1 atom stereocenters. The molecule has 0 amide bonds. The lowest BCUT2D eigenvalue weighted by Gasteiger charge is -2.29. The summed E-state index contributed by atoms with van der Waals surface area (Å²) in [5.41, 5.74) is 0. The van der Waals surface area contributed by atoms with Crippen molar-refractivity contribution in [2.45, 2.75) is 45.6 Å². The van der Waals surface area contributed by atoms with Crippen LogP contribution in [0.2, 0.25) is 0 Å². The first-order chi connectivity index (χ1) is 6.24. The van der Waals surface area contributed by atoms with E-state index in [0.29, 0.717) is 0 Å². The first-order valence-corrected chi connectivity index (χ1v) is 6.66. The maximum Gasteiger partial charge on any atom is 0.0192 e. The second kappa shape index (κ2) is 6.02. The molecule has 1 nitrogen and oxygen atoms in total. The Kier molecular flexibility index (Phi) is 5.34. The molecule has 1 rings (SSSR count). The molecule has 0 aromatic rings. The zero-order valence-corrected chi connectivity index (χ0v) is 10.5. The Labute approximate surface area is 91.0 Å². The Hall–Kier alpha value is 0.440. The van der Waals surface area contributed by atoms with Gasteiger partial charge in [-0.1, -0.05) is 42.6 Å². The predicted octanol–water partition coefficient (Wildman–Crippen LogP) is 3.28. The van der Waals surface area contributed by atoms with Gasteiger partial charge >= 0.3 is 0 Å². The SMILES string of the molecule is CC(C)CN1CCCCCC1CBr. The van der Waals surface area contributed by atoms with E-state index in [2.05, 4.69) is 34.7 Å². The highest BCUT2D eigenvalue weighted by molar-refractivity contribution is 9.09. The molecule has 0 aromatic carbocycles.